The van der Waals surface area contributed by atoms with Crippen molar-refractivity contribution in [2.75, 3.05) is 5.75 Å². The van der Waals surface area contributed by atoms with Crippen LogP contribution >= 0.6 is 11.8 Å². The molecule has 1 atom stereocenters. The van der Waals surface area contributed by atoms with Crippen LogP contribution in [0.15, 0.2) is 0 Å². The first-order valence-corrected chi connectivity index (χ1v) is 4.67. The fourth-order valence-corrected chi connectivity index (χ4v) is 1.52. The van der Waals surface area contributed by atoms with Gasteiger partial charge in [0.05, 0.1) is 12.8 Å². The summed E-state index contributed by atoms with van der Waals surface area (Å²) < 4.78 is 0. The van der Waals surface area contributed by atoms with E-state index in [1.165, 1.54) is 0 Å². The number of nitrogens with two attached hydrogens (primary N) is 1. The van der Waals surface area contributed by atoms with Crippen molar-refractivity contribution >= 4 is 29.6 Å². The Labute approximate surface area is 84.5 Å². The molecule has 0 fully saturated rings. The van der Waals surface area contributed by atoms with E-state index in [1.807, 2.05) is 0 Å². The van der Waals surface area contributed by atoms with E-state index in [4.69, 9.17) is 15.9 Å². The van der Waals surface area contributed by atoms with Gasteiger partial charge in [-0.1, -0.05) is 0 Å². The van der Waals surface area contributed by atoms with Crippen molar-refractivity contribution in [2.45, 2.75) is 11.7 Å². The predicted octanol–water partition coefficient (Wildman–Crippen LogP) is -0.663. The predicted molar refractivity (Wildman–Crippen MR) is 49.6 cm³/mol. The molecule has 7 heteroatoms. The van der Waals surface area contributed by atoms with Crippen LogP contribution in [0.1, 0.15) is 6.42 Å². The number of hydrogen-bond acceptors (Lipinski definition) is 4. The average Bonchev–Trinajstić information content (AvgIpc) is 2.00. The lowest BCUT2D eigenvalue weighted by Gasteiger charge is -2.07. The number of rotatable bonds is 7. The van der Waals surface area contributed by atoms with Crippen molar-refractivity contribution in [2.24, 2.45) is 5.73 Å². The van der Waals surface area contributed by atoms with Crippen molar-refractivity contribution in [3.63, 3.8) is 0 Å². The molecule has 0 aliphatic heterocycles. The molecule has 0 heterocycles. The standard InChI is InChI=1S/C7H10NO5S/c8-5(9)1-2-14-4(7(12)13)3-6(10)11/h1,4H,2-3H2,(H2,8,9)(H,10,11)(H,12,13). The zero-order valence-corrected chi connectivity index (χ0v) is 7.99. The highest BCUT2D eigenvalue weighted by molar-refractivity contribution is 8.00. The van der Waals surface area contributed by atoms with E-state index in [9.17, 15) is 14.4 Å². The van der Waals surface area contributed by atoms with Crippen LogP contribution in [0.4, 0.5) is 0 Å². The summed E-state index contributed by atoms with van der Waals surface area (Å²) in [6.07, 6.45) is 0.620. The molecule has 0 rings (SSSR count). The number of primary amides is 1. The second-order valence-corrected chi connectivity index (χ2v) is 3.60. The van der Waals surface area contributed by atoms with Gasteiger partial charge in [-0.3, -0.25) is 14.4 Å². The minimum atomic E-state index is -1.21. The molecule has 0 bridgehead atoms. The number of carboxylic acid groups (broad SMARTS) is 2. The van der Waals surface area contributed by atoms with Crippen LogP contribution in [0.25, 0.3) is 0 Å². The van der Waals surface area contributed by atoms with Crippen molar-refractivity contribution < 1.29 is 24.6 Å². The van der Waals surface area contributed by atoms with E-state index in [-0.39, 0.29) is 5.75 Å². The minimum absolute atomic E-state index is 0.0968. The number of thioether (sulfide) groups is 1. The van der Waals surface area contributed by atoms with Gasteiger partial charge in [0.25, 0.3) is 0 Å². The Kier molecular flexibility index (Phi) is 5.70. The summed E-state index contributed by atoms with van der Waals surface area (Å²) in [5.41, 5.74) is 4.78. The van der Waals surface area contributed by atoms with E-state index in [1.54, 1.807) is 0 Å². The topological polar surface area (TPSA) is 118 Å². The van der Waals surface area contributed by atoms with Gasteiger partial charge in [-0.15, -0.1) is 11.8 Å². The van der Waals surface area contributed by atoms with E-state index in [2.05, 4.69) is 0 Å². The molecule has 1 radical (unpaired) electrons. The second kappa shape index (κ2) is 6.25. The molecule has 1 unspecified atom stereocenters. The monoisotopic (exact) mass is 220 g/mol. The quantitative estimate of drug-likeness (QED) is 0.524. The highest BCUT2D eigenvalue weighted by Gasteiger charge is 2.21. The van der Waals surface area contributed by atoms with Gasteiger partial charge >= 0.3 is 11.9 Å². The molecule has 0 aliphatic rings. The molecule has 14 heavy (non-hydrogen) atoms. The Balaban J connectivity index is 3.91. The van der Waals surface area contributed by atoms with E-state index >= 15 is 0 Å². The Morgan fingerprint density at radius 2 is 1.93 bits per heavy atom. The maximum absolute atomic E-state index is 10.5. The number of amides is 1. The van der Waals surface area contributed by atoms with Crippen LogP contribution in [0.3, 0.4) is 0 Å². The minimum Gasteiger partial charge on any atom is -0.481 e. The van der Waals surface area contributed by atoms with Crippen LogP contribution < -0.4 is 5.73 Å². The summed E-state index contributed by atoms with van der Waals surface area (Å²) in [6, 6.07) is 0. The Morgan fingerprint density at radius 3 is 2.29 bits per heavy atom. The Morgan fingerprint density at radius 1 is 1.36 bits per heavy atom. The van der Waals surface area contributed by atoms with Gasteiger partial charge in [-0.2, -0.15) is 0 Å². The van der Waals surface area contributed by atoms with Crippen LogP contribution in [0.5, 0.6) is 0 Å². The van der Waals surface area contributed by atoms with Gasteiger partial charge in [0.15, 0.2) is 0 Å². The molecule has 0 spiro atoms. The first-order chi connectivity index (χ1) is 6.43. The largest absolute Gasteiger partial charge is 0.481 e. The normalized spacial score (nSPS) is 12.0. The number of hydrogen-bond donors (Lipinski definition) is 3. The molecule has 0 aliphatic carbocycles. The number of carbonyl (C=O) groups is 3. The van der Waals surface area contributed by atoms with Crippen LogP contribution in [-0.4, -0.2) is 39.1 Å². The molecular formula is C7H10NO5S. The average molecular weight is 220 g/mol. The SMILES string of the molecule is NC(=O)[CH]CSC(CC(=O)O)C(=O)O. The second-order valence-electron chi connectivity index (χ2n) is 2.36. The van der Waals surface area contributed by atoms with Crippen molar-refractivity contribution in [3.8, 4) is 0 Å². The van der Waals surface area contributed by atoms with Gasteiger partial charge in [-0.25, -0.2) is 0 Å². The number of carboxylic acids is 2. The number of aliphatic carboxylic acids is 2. The molecule has 6 nitrogen and oxygen atoms in total. The van der Waals surface area contributed by atoms with Crippen LogP contribution in [0, 0.1) is 6.42 Å². The zero-order chi connectivity index (χ0) is 11.1. The van der Waals surface area contributed by atoms with Gasteiger partial charge in [0, 0.05) is 5.75 Å². The van der Waals surface area contributed by atoms with Gasteiger partial charge in [-0.05, 0) is 0 Å². The maximum Gasteiger partial charge on any atom is 0.317 e. The van der Waals surface area contributed by atoms with E-state index in [0.29, 0.717) is 0 Å². The molecular weight excluding hydrogens is 210 g/mol. The third-order valence-corrected chi connectivity index (χ3v) is 2.35. The molecule has 0 saturated carbocycles. The Bertz CT molecular complexity index is 242. The third-order valence-electron chi connectivity index (χ3n) is 1.22. The van der Waals surface area contributed by atoms with Gasteiger partial charge < -0.3 is 15.9 Å². The molecule has 0 saturated heterocycles. The summed E-state index contributed by atoms with van der Waals surface area (Å²) in [7, 11) is 0. The molecule has 0 aromatic carbocycles. The van der Waals surface area contributed by atoms with Crippen LogP contribution in [-0.2, 0) is 14.4 Å². The summed E-state index contributed by atoms with van der Waals surface area (Å²) in [6.45, 7) is 0. The first-order valence-electron chi connectivity index (χ1n) is 3.62. The van der Waals surface area contributed by atoms with Crippen molar-refractivity contribution in [1.29, 1.82) is 0 Å². The summed E-state index contributed by atoms with van der Waals surface area (Å²) >= 11 is 0.850. The highest BCUT2D eigenvalue weighted by Crippen LogP contribution is 2.15. The maximum atomic E-state index is 10.5. The third kappa shape index (κ3) is 6.30. The highest BCUT2D eigenvalue weighted by atomic mass is 32.2. The first kappa shape index (κ1) is 12.8. The summed E-state index contributed by atoms with van der Waals surface area (Å²) in [5.74, 6) is -2.96. The van der Waals surface area contributed by atoms with E-state index in [0.717, 1.165) is 18.2 Å². The van der Waals surface area contributed by atoms with Gasteiger partial charge in [0.1, 0.15) is 5.25 Å². The molecule has 0 aromatic rings. The molecule has 79 valence electrons. The molecule has 4 N–H and O–H groups in total. The lowest BCUT2D eigenvalue weighted by Crippen LogP contribution is -2.22. The summed E-state index contributed by atoms with van der Waals surface area (Å²) in [5, 5.41) is 15.9. The van der Waals surface area contributed by atoms with Crippen LogP contribution in [0.2, 0.25) is 0 Å². The molecule has 0 aromatic heterocycles. The smallest absolute Gasteiger partial charge is 0.317 e. The van der Waals surface area contributed by atoms with Crippen molar-refractivity contribution in [1.82, 2.24) is 0 Å². The number of carbonyl (C=O) groups excluding carboxylic acids is 1. The van der Waals surface area contributed by atoms with E-state index < -0.39 is 29.5 Å². The fourth-order valence-electron chi connectivity index (χ4n) is 0.623. The summed E-state index contributed by atoms with van der Waals surface area (Å²) in [4.78, 5) is 31.0. The zero-order valence-electron chi connectivity index (χ0n) is 7.17. The van der Waals surface area contributed by atoms with Crippen molar-refractivity contribution in [3.05, 3.63) is 6.42 Å². The lowest BCUT2D eigenvalue weighted by atomic mass is 10.3. The lowest BCUT2D eigenvalue weighted by molar-refractivity contribution is -0.142. The Hall–Kier alpha value is -1.24. The molecule has 1 amide bonds. The van der Waals surface area contributed by atoms with Gasteiger partial charge in [0.2, 0.25) is 5.91 Å². The fraction of sp³-hybridized carbons (Fsp3) is 0.429.